The Bertz CT molecular complexity index is 456. The van der Waals surface area contributed by atoms with Crippen molar-refractivity contribution in [1.29, 1.82) is 0 Å². The highest BCUT2D eigenvalue weighted by atomic mass is 16.5. The minimum absolute atomic E-state index is 0.0794. The van der Waals surface area contributed by atoms with Crippen molar-refractivity contribution < 1.29 is 19.1 Å². The smallest absolute Gasteiger partial charge is 0.135 e. The number of Topliss-reactive ketones (excluding diaryl/α,β-unsaturated/α-hetero) is 2. The number of carbonyl (C=O) groups excluding carboxylic acids is 2. The molecule has 0 atom stereocenters. The lowest BCUT2D eigenvalue weighted by atomic mass is 9.52. The number of hydrogen-bond acceptors (Lipinski definition) is 4. The van der Waals surface area contributed by atoms with E-state index in [9.17, 15) is 9.59 Å². The molecule has 0 heterocycles. The van der Waals surface area contributed by atoms with E-state index in [2.05, 4.69) is 0 Å². The minimum Gasteiger partial charge on any atom is -0.374 e. The van der Waals surface area contributed by atoms with Gasteiger partial charge < -0.3 is 9.47 Å². The summed E-state index contributed by atoms with van der Waals surface area (Å²) in [5, 5.41) is 0. The first-order chi connectivity index (χ1) is 12.5. The standard InChI is InChI=1S/C22H36O4/c1-3-5-19(23)7-9-25-21-12-17-11-18(13-21)15-22(14-17,16-21)26-10-8-20(24)6-4-2/h17-18H,3-16H2,1-2H3. The average molecular weight is 365 g/mol. The highest BCUT2D eigenvalue weighted by Gasteiger charge is 2.59. The van der Waals surface area contributed by atoms with Crippen molar-refractivity contribution in [2.45, 2.75) is 102 Å². The predicted molar refractivity (Wildman–Crippen MR) is 101 cm³/mol. The molecule has 0 radical (unpaired) electrons. The monoisotopic (exact) mass is 364 g/mol. The molecule has 4 saturated carbocycles. The maximum atomic E-state index is 11.8. The van der Waals surface area contributed by atoms with Crippen LogP contribution in [-0.4, -0.2) is 36.0 Å². The number of ketones is 2. The van der Waals surface area contributed by atoms with Gasteiger partial charge in [0, 0.05) is 32.1 Å². The van der Waals surface area contributed by atoms with E-state index in [1.165, 1.54) is 6.42 Å². The second-order valence-electron chi connectivity index (χ2n) is 9.10. The zero-order valence-electron chi connectivity index (χ0n) is 16.7. The van der Waals surface area contributed by atoms with Gasteiger partial charge in [-0.3, -0.25) is 9.59 Å². The van der Waals surface area contributed by atoms with E-state index >= 15 is 0 Å². The molecule has 4 rings (SSSR count). The molecule has 26 heavy (non-hydrogen) atoms. The lowest BCUT2D eigenvalue weighted by Gasteiger charge is -2.61. The third kappa shape index (κ3) is 4.75. The molecule has 0 spiro atoms. The van der Waals surface area contributed by atoms with Crippen molar-refractivity contribution in [3.63, 3.8) is 0 Å². The highest BCUT2D eigenvalue weighted by Crippen LogP contribution is 2.60. The van der Waals surface area contributed by atoms with Crippen molar-refractivity contribution in [3.05, 3.63) is 0 Å². The van der Waals surface area contributed by atoms with Gasteiger partial charge in [-0.1, -0.05) is 13.8 Å². The summed E-state index contributed by atoms with van der Waals surface area (Å²) in [5.74, 6) is 2.01. The van der Waals surface area contributed by atoms with Crippen molar-refractivity contribution in [2.75, 3.05) is 13.2 Å². The van der Waals surface area contributed by atoms with Crippen molar-refractivity contribution in [1.82, 2.24) is 0 Å². The molecule has 0 aliphatic heterocycles. The Hall–Kier alpha value is -0.740. The molecule has 4 aliphatic rings. The fraction of sp³-hybridized carbons (Fsp3) is 0.909. The van der Waals surface area contributed by atoms with E-state index in [1.54, 1.807) is 0 Å². The summed E-state index contributed by atoms with van der Waals surface area (Å²) in [5.41, 5.74) is -0.159. The molecule has 0 amide bonds. The van der Waals surface area contributed by atoms with Crippen LogP contribution in [-0.2, 0) is 19.1 Å². The summed E-state index contributed by atoms with van der Waals surface area (Å²) in [4.78, 5) is 23.6. The molecule has 4 heteroatoms. The lowest BCUT2D eigenvalue weighted by Crippen LogP contribution is -2.61. The first kappa shape index (κ1) is 20.0. The van der Waals surface area contributed by atoms with Crippen molar-refractivity contribution in [2.24, 2.45) is 11.8 Å². The molecule has 0 aromatic rings. The molecule has 0 aromatic heterocycles. The average Bonchev–Trinajstić information content (AvgIpc) is 2.53. The molecule has 0 unspecified atom stereocenters. The Morgan fingerprint density at radius 3 is 1.58 bits per heavy atom. The van der Waals surface area contributed by atoms with E-state index in [-0.39, 0.29) is 11.2 Å². The van der Waals surface area contributed by atoms with Crippen LogP contribution in [0.5, 0.6) is 0 Å². The van der Waals surface area contributed by atoms with Crippen LogP contribution >= 0.6 is 0 Å². The van der Waals surface area contributed by atoms with Crippen LogP contribution in [0, 0.1) is 11.8 Å². The Morgan fingerprint density at radius 2 is 1.19 bits per heavy atom. The number of rotatable bonds is 12. The van der Waals surface area contributed by atoms with Crippen LogP contribution in [0.15, 0.2) is 0 Å². The summed E-state index contributed by atoms with van der Waals surface area (Å²) in [6.45, 7) is 5.21. The zero-order valence-corrected chi connectivity index (χ0v) is 16.7. The SMILES string of the molecule is CCCC(=O)CCOC12CC3CC(C1)CC(OCCC(=O)CCC)(C3)C2. The van der Waals surface area contributed by atoms with E-state index < -0.39 is 0 Å². The quantitative estimate of drug-likeness (QED) is 0.507. The van der Waals surface area contributed by atoms with Gasteiger partial charge in [-0.05, 0) is 56.8 Å². The van der Waals surface area contributed by atoms with Gasteiger partial charge in [0.1, 0.15) is 11.6 Å². The van der Waals surface area contributed by atoms with Gasteiger partial charge in [0.05, 0.1) is 24.4 Å². The Balaban J connectivity index is 1.54. The van der Waals surface area contributed by atoms with Gasteiger partial charge in [0.25, 0.3) is 0 Å². The number of ether oxygens (including phenoxy) is 2. The van der Waals surface area contributed by atoms with Gasteiger partial charge in [0.15, 0.2) is 0 Å². The van der Waals surface area contributed by atoms with Gasteiger partial charge >= 0.3 is 0 Å². The summed E-state index contributed by atoms with van der Waals surface area (Å²) >= 11 is 0. The maximum absolute atomic E-state index is 11.8. The van der Waals surface area contributed by atoms with Crippen LogP contribution in [0.1, 0.15) is 90.9 Å². The van der Waals surface area contributed by atoms with Gasteiger partial charge in [0.2, 0.25) is 0 Å². The summed E-state index contributed by atoms with van der Waals surface area (Å²) in [7, 11) is 0. The predicted octanol–water partition coefficient (Wildman–Crippen LogP) is 4.63. The highest BCUT2D eigenvalue weighted by molar-refractivity contribution is 5.78. The van der Waals surface area contributed by atoms with Gasteiger partial charge in [-0.2, -0.15) is 0 Å². The van der Waals surface area contributed by atoms with E-state index in [0.29, 0.717) is 62.3 Å². The normalized spacial score (nSPS) is 35.0. The molecular formula is C22H36O4. The fourth-order valence-corrected chi connectivity index (χ4v) is 6.00. The molecule has 4 bridgehead atoms. The van der Waals surface area contributed by atoms with Crippen LogP contribution in [0.25, 0.3) is 0 Å². The maximum Gasteiger partial charge on any atom is 0.135 e. The number of hydrogen-bond donors (Lipinski definition) is 0. The molecule has 0 N–H and O–H groups in total. The largest absolute Gasteiger partial charge is 0.374 e. The van der Waals surface area contributed by atoms with Crippen molar-refractivity contribution in [3.8, 4) is 0 Å². The second kappa shape index (κ2) is 8.52. The minimum atomic E-state index is -0.0794. The van der Waals surface area contributed by atoms with Crippen LogP contribution in [0.3, 0.4) is 0 Å². The Morgan fingerprint density at radius 1 is 0.769 bits per heavy atom. The van der Waals surface area contributed by atoms with Gasteiger partial charge in [-0.15, -0.1) is 0 Å². The Kier molecular flexibility index (Phi) is 6.55. The van der Waals surface area contributed by atoms with Gasteiger partial charge in [-0.25, -0.2) is 0 Å². The molecule has 4 aliphatic carbocycles. The molecule has 4 fully saturated rings. The third-order valence-corrected chi connectivity index (χ3v) is 6.59. The lowest BCUT2D eigenvalue weighted by molar-refractivity contribution is -0.236. The van der Waals surface area contributed by atoms with E-state index in [0.717, 1.165) is 44.9 Å². The zero-order chi connectivity index (χ0) is 18.6. The summed E-state index contributed by atoms with van der Waals surface area (Å²) in [6.07, 6.45) is 11.0. The van der Waals surface area contributed by atoms with Crippen LogP contribution < -0.4 is 0 Å². The molecule has 4 nitrogen and oxygen atoms in total. The van der Waals surface area contributed by atoms with E-state index in [4.69, 9.17) is 9.47 Å². The topological polar surface area (TPSA) is 52.6 Å². The molecule has 0 aromatic carbocycles. The van der Waals surface area contributed by atoms with Crippen molar-refractivity contribution >= 4 is 11.6 Å². The molecule has 148 valence electrons. The molecular weight excluding hydrogens is 328 g/mol. The first-order valence-corrected chi connectivity index (χ1v) is 10.8. The number of carbonyl (C=O) groups is 2. The molecule has 0 saturated heterocycles. The summed E-state index contributed by atoms with van der Waals surface area (Å²) < 4.78 is 12.8. The fourth-order valence-electron chi connectivity index (χ4n) is 6.00. The summed E-state index contributed by atoms with van der Waals surface area (Å²) in [6, 6.07) is 0. The van der Waals surface area contributed by atoms with E-state index in [1.807, 2.05) is 13.8 Å². The van der Waals surface area contributed by atoms with Crippen LogP contribution in [0.2, 0.25) is 0 Å². The van der Waals surface area contributed by atoms with Crippen LogP contribution in [0.4, 0.5) is 0 Å². The first-order valence-electron chi connectivity index (χ1n) is 10.8. The second-order valence-corrected chi connectivity index (χ2v) is 9.10. The Labute approximate surface area is 158 Å². The third-order valence-electron chi connectivity index (χ3n) is 6.59.